The van der Waals surface area contributed by atoms with Crippen LogP contribution < -0.4 is 15.8 Å². The van der Waals surface area contributed by atoms with E-state index in [-0.39, 0.29) is 17.7 Å². The van der Waals surface area contributed by atoms with E-state index in [1.807, 2.05) is 37.3 Å². The number of benzene rings is 2. The first-order valence-corrected chi connectivity index (χ1v) is 9.17. The first-order valence-electron chi connectivity index (χ1n) is 8.80. The maximum atomic E-state index is 12.3. The van der Waals surface area contributed by atoms with Crippen LogP contribution in [-0.2, 0) is 13.0 Å². The van der Waals surface area contributed by atoms with Crippen LogP contribution in [0.4, 0.5) is 0 Å². The van der Waals surface area contributed by atoms with Crippen LogP contribution in [0.15, 0.2) is 52.1 Å². The Hall–Kier alpha value is -3.03. The first-order chi connectivity index (χ1) is 13.4. The van der Waals surface area contributed by atoms with E-state index >= 15 is 0 Å². The zero-order valence-corrected chi connectivity index (χ0v) is 15.8. The number of H-pyrrole nitrogens is 2. The second-order valence-corrected chi connectivity index (χ2v) is 7.24. The van der Waals surface area contributed by atoms with Crippen molar-refractivity contribution in [2.24, 2.45) is 0 Å². The number of halogens is 1. The number of aromatic nitrogens is 4. The molecule has 4 aromatic rings. The Labute approximate surface area is 164 Å². The van der Waals surface area contributed by atoms with Crippen molar-refractivity contribution in [1.29, 1.82) is 0 Å². The van der Waals surface area contributed by atoms with Crippen LogP contribution in [0.1, 0.15) is 11.1 Å². The standard InChI is InChI=1S/C20H17ClN4O3/c1-11-5-6-16-15(7-11)22-17-18(23-20(28)24-19(17)27)25(16)10-14(26)9-12-3-2-4-13(21)8-12/h2-8,14,26H,9-10H2,1H3,(H,24,27,28)/p+1. The normalized spacial score (nSPS) is 12.5. The Balaban J connectivity index is 1.85. The van der Waals surface area contributed by atoms with Gasteiger partial charge in [0, 0.05) is 11.4 Å². The number of fused-ring (bicyclic) bond motifs is 2. The van der Waals surface area contributed by atoms with Gasteiger partial charge in [0.1, 0.15) is 12.1 Å². The lowest BCUT2D eigenvalue weighted by atomic mass is 10.1. The van der Waals surface area contributed by atoms with E-state index in [1.165, 1.54) is 0 Å². The van der Waals surface area contributed by atoms with Gasteiger partial charge in [-0.1, -0.05) is 29.8 Å². The van der Waals surface area contributed by atoms with Crippen LogP contribution in [0.2, 0.25) is 5.02 Å². The van der Waals surface area contributed by atoms with E-state index in [2.05, 4.69) is 15.0 Å². The fourth-order valence-corrected chi connectivity index (χ4v) is 3.57. The molecule has 0 saturated heterocycles. The zero-order valence-electron chi connectivity index (χ0n) is 15.1. The average Bonchev–Trinajstić information content (AvgIpc) is 2.62. The summed E-state index contributed by atoms with van der Waals surface area (Å²) in [4.78, 5) is 33.3. The molecule has 0 aliphatic carbocycles. The van der Waals surface area contributed by atoms with Gasteiger partial charge in [0.05, 0.1) is 6.10 Å². The van der Waals surface area contributed by atoms with Crippen molar-refractivity contribution in [2.75, 3.05) is 0 Å². The summed E-state index contributed by atoms with van der Waals surface area (Å²) in [5.41, 5.74) is 2.41. The fraction of sp³-hybridized carbons (Fsp3) is 0.200. The van der Waals surface area contributed by atoms with E-state index in [0.717, 1.165) is 11.1 Å². The molecule has 1 unspecified atom stereocenters. The van der Waals surface area contributed by atoms with E-state index in [9.17, 15) is 14.7 Å². The van der Waals surface area contributed by atoms with Gasteiger partial charge in [-0.05, 0) is 42.3 Å². The highest BCUT2D eigenvalue weighted by Crippen LogP contribution is 2.15. The second kappa shape index (κ2) is 7.18. The van der Waals surface area contributed by atoms with Gasteiger partial charge < -0.3 is 5.11 Å². The summed E-state index contributed by atoms with van der Waals surface area (Å²) in [6.45, 7) is 2.10. The SMILES string of the molecule is Cc1ccc2c(c1)nc1c(=O)[nH]c(=O)[nH]c1[n+]2CC(O)Cc1cccc(Cl)c1. The quantitative estimate of drug-likeness (QED) is 0.359. The van der Waals surface area contributed by atoms with Gasteiger partial charge in [0.25, 0.3) is 5.56 Å². The van der Waals surface area contributed by atoms with Crippen molar-refractivity contribution >= 4 is 33.8 Å². The summed E-state index contributed by atoms with van der Waals surface area (Å²) in [6.07, 6.45) is -0.389. The number of hydrogen-bond donors (Lipinski definition) is 3. The summed E-state index contributed by atoms with van der Waals surface area (Å²) in [7, 11) is 0. The Morgan fingerprint density at radius 3 is 2.79 bits per heavy atom. The van der Waals surface area contributed by atoms with Crippen LogP contribution in [-0.4, -0.2) is 26.2 Å². The summed E-state index contributed by atoms with van der Waals surface area (Å²) in [5, 5.41) is 11.3. The highest BCUT2D eigenvalue weighted by Gasteiger charge is 2.21. The number of hydrogen-bond acceptors (Lipinski definition) is 4. The third kappa shape index (κ3) is 3.54. The summed E-state index contributed by atoms with van der Waals surface area (Å²) >= 11 is 6.02. The number of rotatable bonds is 4. The van der Waals surface area contributed by atoms with Gasteiger partial charge in [-0.3, -0.25) is 9.78 Å². The predicted octanol–water partition coefficient (Wildman–Crippen LogP) is 1.62. The summed E-state index contributed by atoms with van der Waals surface area (Å²) in [6, 6.07) is 12.9. The van der Waals surface area contributed by atoms with Crippen LogP contribution in [0, 0.1) is 6.92 Å². The second-order valence-electron chi connectivity index (χ2n) is 6.81. The molecular weight excluding hydrogens is 380 g/mol. The fourth-order valence-electron chi connectivity index (χ4n) is 3.36. The summed E-state index contributed by atoms with van der Waals surface area (Å²) < 4.78 is 1.73. The largest absolute Gasteiger partial charge is 0.413 e. The van der Waals surface area contributed by atoms with E-state index in [0.29, 0.717) is 22.5 Å². The molecule has 0 fully saturated rings. The van der Waals surface area contributed by atoms with Crippen molar-refractivity contribution in [3.05, 3.63) is 79.5 Å². The Bertz CT molecular complexity index is 1310. The number of aliphatic hydroxyl groups excluding tert-OH is 1. The molecule has 3 N–H and O–H groups in total. The average molecular weight is 398 g/mol. The monoisotopic (exact) mass is 397 g/mol. The van der Waals surface area contributed by atoms with Gasteiger partial charge >= 0.3 is 11.3 Å². The maximum Gasteiger partial charge on any atom is 0.413 e. The van der Waals surface area contributed by atoms with E-state index in [4.69, 9.17) is 11.6 Å². The molecule has 0 aliphatic heterocycles. The number of nitrogens with one attached hydrogen (secondary N) is 2. The van der Waals surface area contributed by atoms with Gasteiger partial charge in [-0.15, -0.1) is 0 Å². The molecule has 4 rings (SSSR count). The van der Waals surface area contributed by atoms with Crippen LogP contribution in [0.3, 0.4) is 0 Å². The molecule has 0 spiro atoms. The highest BCUT2D eigenvalue weighted by atomic mass is 35.5. The molecule has 7 nitrogen and oxygen atoms in total. The molecule has 0 aliphatic rings. The Morgan fingerprint density at radius 2 is 2.00 bits per heavy atom. The number of nitrogens with zero attached hydrogens (tertiary/aromatic N) is 2. The van der Waals surface area contributed by atoms with Crippen molar-refractivity contribution in [3.8, 4) is 0 Å². The molecule has 0 radical (unpaired) electrons. The minimum Gasteiger partial charge on any atom is -0.389 e. The molecule has 2 aromatic heterocycles. The summed E-state index contributed by atoms with van der Waals surface area (Å²) in [5.74, 6) is 0. The molecular formula is C20H18ClN4O3+. The molecule has 2 aromatic carbocycles. The lowest BCUT2D eigenvalue weighted by Gasteiger charge is -2.13. The zero-order chi connectivity index (χ0) is 19.8. The molecule has 28 heavy (non-hydrogen) atoms. The minimum atomic E-state index is -0.763. The lowest BCUT2D eigenvalue weighted by Crippen LogP contribution is -2.45. The number of aliphatic hydroxyl groups is 1. The van der Waals surface area contributed by atoms with Gasteiger partial charge in [0.15, 0.2) is 5.52 Å². The van der Waals surface area contributed by atoms with Gasteiger partial charge in [0.2, 0.25) is 5.52 Å². The number of aromatic amines is 2. The third-order valence-corrected chi connectivity index (χ3v) is 4.81. The molecule has 8 heteroatoms. The first kappa shape index (κ1) is 18.3. The molecule has 142 valence electrons. The van der Waals surface area contributed by atoms with Crippen LogP contribution in [0.25, 0.3) is 22.2 Å². The molecule has 2 heterocycles. The number of aryl methyl sites for hydroxylation is 1. The minimum absolute atomic E-state index is 0.118. The van der Waals surface area contributed by atoms with Crippen molar-refractivity contribution in [1.82, 2.24) is 15.0 Å². The van der Waals surface area contributed by atoms with Gasteiger partial charge in [-0.2, -0.15) is 4.98 Å². The molecule has 1 atom stereocenters. The van der Waals surface area contributed by atoms with E-state index in [1.54, 1.807) is 16.7 Å². The maximum absolute atomic E-state index is 12.3. The van der Waals surface area contributed by atoms with E-state index < -0.39 is 17.4 Å². The van der Waals surface area contributed by atoms with Crippen molar-refractivity contribution in [3.63, 3.8) is 0 Å². The Morgan fingerprint density at radius 1 is 1.18 bits per heavy atom. The smallest absolute Gasteiger partial charge is 0.389 e. The van der Waals surface area contributed by atoms with Gasteiger partial charge in [-0.25, -0.2) is 14.3 Å². The molecule has 0 saturated carbocycles. The van der Waals surface area contributed by atoms with Crippen LogP contribution >= 0.6 is 11.6 Å². The van der Waals surface area contributed by atoms with Crippen molar-refractivity contribution < 1.29 is 9.67 Å². The molecule has 0 bridgehead atoms. The Kier molecular flexibility index (Phi) is 4.70. The highest BCUT2D eigenvalue weighted by molar-refractivity contribution is 6.30. The third-order valence-electron chi connectivity index (χ3n) is 4.58. The molecule has 0 amide bonds. The van der Waals surface area contributed by atoms with Crippen LogP contribution in [0.5, 0.6) is 0 Å². The predicted molar refractivity (Wildman–Crippen MR) is 107 cm³/mol. The topological polar surface area (TPSA) is 103 Å². The lowest BCUT2D eigenvalue weighted by molar-refractivity contribution is -0.655. The van der Waals surface area contributed by atoms with Crippen molar-refractivity contribution in [2.45, 2.75) is 26.0 Å².